The maximum absolute atomic E-state index is 10.6. The lowest BCUT2D eigenvalue weighted by molar-refractivity contribution is 0.112. The number of rotatable bonds is 1. The van der Waals surface area contributed by atoms with Gasteiger partial charge in [0.15, 0.2) is 6.29 Å². The van der Waals surface area contributed by atoms with Gasteiger partial charge in [-0.1, -0.05) is 42.5 Å². The van der Waals surface area contributed by atoms with Crippen LogP contribution in [-0.4, -0.2) is 6.29 Å². The molecule has 0 fully saturated rings. The van der Waals surface area contributed by atoms with Gasteiger partial charge in [-0.3, -0.25) is 4.79 Å². The van der Waals surface area contributed by atoms with Crippen molar-refractivity contribution in [2.24, 2.45) is 0 Å². The summed E-state index contributed by atoms with van der Waals surface area (Å²) in [7, 11) is 0. The fourth-order valence-corrected chi connectivity index (χ4v) is 1.35. The molecule has 0 aromatic heterocycles. The number of fused-ring (bicyclic) bond motifs is 1. The lowest BCUT2D eigenvalue weighted by Crippen LogP contribution is -1.81. The monoisotopic (exact) mass is 184 g/mol. The van der Waals surface area contributed by atoms with Crippen LogP contribution in [0, 0.1) is 0 Å². The molecule has 70 valence electrons. The average molecular weight is 184 g/mol. The van der Waals surface area contributed by atoms with E-state index in [4.69, 9.17) is 0 Å². The minimum Gasteiger partial charge on any atom is -0.298 e. The summed E-state index contributed by atoms with van der Waals surface area (Å²) in [5, 5.41) is 2.14. The summed E-state index contributed by atoms with van der Waals surface area (Å²) in [5.41, 5.74) is 0.758. The molecule has 0 aliphatic heterocycles. The van der Waals surface area contributed by atoms with Gasteiger partial charge in [-0.25, -0.2) is 0 Å². The van der Waals surface area contributed by atoms with Crippen LogP contribution in [0.1, 0.15) is 10.4 Å². The third kappa shape index (κ3) is 1.88. The quantitative estimate of drug-likeness (QED) is 0.490. The Morgan fingerprint density at radius 1 is 0.929 bits per heavy atom. The molecule has 0 aliphatic carbocycles. The van der Waals surface area contributed by atoms with E-state index in [1.165, 1.54) is 0 Å². The molecule has 2 aromatic carbocycles. The first-order chi connectivity index (χ1) is 6.92. The summed E-state index contributed by atoms with van der Waals surface area (Å²) in [5.74, 6) is 0. The molecule has 0 heterocycles. The fourth-order valence-electron chi connectivity index (χ4n) is 1.35. The highest BCUT2D eigenvalue weighted by Crippen LogP contribution is 2.16. The molecule has 0 saturated heterocycles. The van der Waals surface area contributed by atoms with E-state index in [1.807, 2.05) is 42.5 Å². The van der Waals surface area contributed by atoms with E-state index in [0.717, 1.165) is 22.6 Å². The van der Waals surface area contributed by atoms with E-state index >= 15 is 0 Å². The standard InChI is InChI=1S/C11H8O.C2H4/c12-8-10-6-3-5-9-4-1-2-7-11(9)10;1-2/h1-8H;1-2H2. The van der Waals surface area contributed by atoms with Crippen molar-refractivity contribution in [2.45, 2.75) is 0 Å². The first kappa shape index (κ1) is 10.2. The summed E-state index contributed by atoms with van der Waals surface area (Å²) in [6.45, 7) is 6.00. The van der Waals surface area contributed by atoms with E-state index in [0.29, 0.717) is 0 Å². The van der Waals surface area contributed by atoms with Gasteiger partial charge in [-0.15, -0.1) is 13.2 Å². The Morgan fingerprint density at radius 3 is 2.29 bits per heavy atom. The molecule has 0 saturated carbocycles. The number of carbonyl (C=O) groups excluding carboxylic acids is 1. The highest BCUT2D eigenvalue weighted by Gasteiger charge is 1.96. The van der Waals surface area contributed by atoms with E-state index in [-0.39, 0.29) is 0 Å². The Hall–Kier alpha value is -1.89. The van der Waals surface area contributed by atoms with Crippen molar-refractivity contribution < 1.29 is 4.79 Å². The number of aldehydes is 1. The van der Waals surface area contributed by atoms with E-state index in [1.54, 1.807) is 0 Å². The first-order valence-electron chi connectivity index (χ1n) is 4.35. The van der Waals surface area contributed by atoms with Gasteiger partial charge in [-0.05, 0) is 10.8 Å². The highest BCUT2D eigenvalue weighted by molar-refractivity contribution is 5.97. The molecule has 1 nitrogen and oxygen atoms in total. The van der Waals surface area contributed by atoms with Crippen LogP contribution in [0.2, 0.25) is 0 Å². The smallest absolute Gasteiger partial charge is 0.150 e. The molecule has 14 heavy (non-hydrogen) atoms. The fraction of sp³-hybridized carbons (Fsp3) is 0. The number of hydrogen-bond donors (Lipinski definition) is 0. The normalized spacial score (nSPS) is 8.86. The number of hydrogen-bond acceptors (Lipinski definition) is 1. The molecular formula is C13H12O. The lowest BCUT2D eigenvalue weighted by atomic mass is 10.1. The zero-order valence-electron chi connectivity index (χ0n) is 7.94. The van der Waals surface area contributed by atoms with Crippen LogP contribution in [0.3, 0.4) is 0 Å². The van der Waals surface area contributed by atoms with Crippen LogP contribution >= 0.6 is 0 Å². The van der Waals surface area contributed by atoms with Gasteiger partial charge in [0.2, 0.25) is 0 Å². The molecule has 0 aliphatic rings. The zero-order chi connectivity index (χ0) is 10.4. The van der Waals surface area contributed by atoms with E-state index < -0.39 is 0 Å². The molecule has 0 spiro atoms. The van der Waals surface area contributed by atoms with Crippen molar-refractivity contribution in [1.82, 2.24) is 0 Å². The van der Waals surface area contributed by atoms with Crippen LogP contribution in [-0.2, 0) is 0 Å². The Bertz CT molecular complexity index is 427. The van der Waals surface area contributed by atoms with Crippen LogP contribution in [0.4, 0.5) is 0 Å². The van der Waals surface area contributed by atoms with E-state index in [2.05, 4.69) is 13.2 Å². The maximum atomic E-state index is 10.6. The summed E-state index contributed by atoms with van der Waals surface area (Å²) in [6, 6.07) is 13.6. The second-order valence-electron chi connectivity index (χ2n) is 2.69. The van der Waals surface area contributed by atoms with Crippen molar-refractivity contribution >= 4 is 17.1 Å². The van der Waals surface area contributed by atoms with Gasteiger partial charge in [0.25, 0.3) is 0 Å². The zero-order valence-corrected chi connectivity index (χ0v) is 7.94. The summed E-state index contributed by atoms with van der Waals surface area (Å²) < 4.78 is 0. The molecule has 2 rings (SSSR count). The van der Waals surface area contributed by atoms with Gasteiger partial charge in [0, 0.05) is 5.56 Å². The van der Waals surface area contributed by atoms with Crippen molar-refractivity contribution in [1.29, 1.82) is 0 Å². The Labute approximate surface area is 83.7 Å². The van der Waals surface area contributed by atoms with Gasteiger partial charge in [-0.2, -0.15) is 0 Å². The Kier molecular flexibility index (Phi) is 3.62. The van der Waals surface area contributed by atoms with Gasteiger partial charge < -0.3 is 0 Å². The minimum absolute atomic E-state index is 0.758. The van der Waals surface area contributed by atoms with Crippen molar-refractivity contribution in [3.8, 4) is 0 Å². The summed E-state index contributed by atoms with van der Waals surface area (Å²) >= 11 is 0. The molecular weight excluding hydrogens is 172 g/mol. The Balaban J connectivity index is 0.000000461. The molecule has 0 atom stereocenters. The van der Waals surface area contributed by atoms with Gasteiger partial charge in [0.1, 0.15) is 0 Å². The average Bonchev–Trinajstić information content (AvgIpc) is 2.31. The van der Waals surface area contributed by atoms with Gasteiger partial charge >= 0.3 is 0 Å². The molecule has 0 N–H and O–H groups in total. The van der Waals surface area contributed by atoms with Crippen molar-refractivity contribution in [3.63, 3.8) is 0 Å². The largest absolute Gasteiger partial charge is 0.298 e. The topological polar surface area (TPSA) is 17.1 Å². The molecule has 0 amide bonds. The summed E-state index contributed by atoms with van der Waals surface area (Å²) in [4.78, 5) is 10.6. The lowest BCUT2D eigenvalue weighted by Gasteiger charge is -1.98. The second-order valence-corrected chi connectivity index (χ2v) is 2.69. The van der Waals surface area contributed by atoms with E-state index in [9.17, 15) is 4.79 Å². The molecule has 0 unspecified atom stereocenters. The molecule has 0 bridgehead atoms. The van der Waals surface area contributed by atoms with Crippen LogP contribution in [0.25, 0.3) is 10.8 Å². The minimum atomic E-state index is 0.758. The third-order valence-electron chi connectivity index (χ3n) is 1.95. The number of benzene rings is 2. The van der Waals surface area contributed by atoms with Crippen molar-refractivity contribution in [3.05, 3.63) is 61.2 Å². The predicted molar refractivity (Wildman–Crippen MR) is 60.6 cm³/mol. The Morgan fingerprint density at radius 2 is 1.57 bits per heavy atom. The van der Waals surface area contributed by atoms with Crippen LogP contribution in [0.5, 0.6) is 0 Å². The van der Waals surface area contributed by atoms with Crippen molar-refractivity contribution in [2.75, 3.05) is 0 Å². The predicted octanol–water partition coefficient (Wildman–Crippen LogP) is 3.45. The first-order valence-corrected chi connectivity index (χ1v) is 4.35. The molecule has 2 aromatic rings. The SMILES string of the molecule is C=C.O=Cc1cccc2ccccc12. The third-order valence-corrected chi connectivity index (χ3v) is 1.95. The highest BCUT2D eigenvalue weighted by atomic mass is 16.1. The second kappa shape index (κ2) is 4.97. The molecule has 0 radical (unpaired) electrons. The molecule has 1 heteroatoms. The summed E-state index contributed by atoms with van der Waals surface area (Å²) in [6.07, 6.45) is 0.891. The van der Waals surface area contributed by atoms with Crippen LogP contribution in [0.15, 0.2) is 55.6 Å². The van der Waals surface area contributed by atoms with Gasteiger partial charge in [0.05, 0.1) is 0 Å². The number of carbonyl (C=O) groups is 1. The van der Waals surface area contributed by atoms with Crippen LogP contribution < -0.4 is 0 Å². The maximum Gasteiger partial charge on any atom is 0.150 e.